The predicted molar refractivity (Wildman–Crippen MR) is 89.3 cm³/mol. The molecule has 0 bridgehead atoms. The van der Waals surface area contributed by atoms with Gasteiger partial charge in [-0.1, -0.05) is 6.07 Å². The van der Waals surface area contributed by atoms with Crippen molar-refractivity contribution in [1.29, 1.82) is 0 Å². The number of piperidine rings is 1. The number of para-hydroxylation sites is 1. The van der Waals surface area contributed by atoms with Gasteiger partial charge in [0.15, 0.2) is 11.5 Å². The lowest BCUT2D eigenvalue weighted by Gasteiger charge is -2.29. The Labute approximate surface area is 138 Å². The van der Waals surface area contributed by atoms with Crippen molar-refractivity contribution in [3.63, 3.8) is 0 Å². The molecule has 1 heterocycles. The zero-order chi connectivity index (χ0) is 15.2. The van der Waals surface area contributed by atoms with E-state index in [1.165, 1.54) is 0 Å². The Balaban J connectivity index is 0.00000242. The number of methoxy groups -OCH3 is 2. The van der Waals surface area contributed by atoms with Crippen LogP contribution in [0.3, 0.4) is 0 Å². The number of carbonyl (C=O) groups is 1. The maximum absolute atomic E-state index is 12.5. The summed E-state index contributed by atoms with van der Waals surface area (Å²) in [6.07, 6.45) is 2.30. The summed E-state index contributed by atoms with van der Waals surface area (Å²) in [6.45, 7) is 4.08. The SMILES string of the molecule is COc1cccc(C(=O)NC(C)C2CCCNC2)c1OC.Cl. The van der Waals surface area contributed by atoms with Crippen molar-refractivity contribution < 1.29 is 14.3 Å². The van der Waals surface area contributed by atoms with Gasteiger partial charge < -0.3 is 20.1 Å². The van der Waals surface area contributed by atoms with Gasteiger partial charge in [0.2, 0.25) is 0 Å². The molecule has 1 saturated heterocycles. The summed E-state index contributed by atoms with van der Waals surface area (Å²) in [5, 5.41) is 6.45. The first-order valence-electron chi connectivity index (χ1n) is 7.40. The molecule has 0 aliphatic carbocycles. The molecule has 2 rings (SSSR count). The van der Waals surface area contributed by atoms with E-state index in [0.29, 0.717) is 23.0 Å². The van der Waals surface area contributed by atoms with Gasteiger partial charge in [-0.25, -0.2) is 0 Å². The molecular formula is C16H25ClN2O3. The molecule has 1 aliphatic rings. The van der Waals surface area contributed by atoms with E-state index in [9.17, 15) is 4.79 Å². The van der Waals surface area contributed by atoms with Gasteiger partial charge >= 0.3 is 0 Å². The van der Waals surface area contributed by atoms with Crippen LogP contribution in [-0.2, 0) is 0 Å². The molecule has 0 saturated carbocycles. The average Bonchev–Trinajstić information content (AvgIpc) is 2.54. The lowest BCUT2D eigenvalue weighted by molar-refractivity contribution is 0.0918. The highest BCUT2D eigenvalue weighted by Gasteiger charge is 2.23. The van der Waals surface area contributed by atoms with Gasteiger partial charge in [-0.05, 0) is 50.9 Å². The van der Waals surface area contributed by atoms with E-state index in [1.54, 1.807) is 32.4 Å². The number of hydrogen-bond acceptors (Lipinski definition) is 4. The molecule has 2 unspecified atom stereocenters. The summed E-state index contributed by atoms with van der Waals surface area (Å²) >= 11 is 0. The van der Waals surface area contributed by atoms with Gasteiger partial charge in [0.05, 0.1) is 19.8 Å². The average molecular weight is 329 g/mol. The van der Waals surface area contributed by atoms with E-state index in [0.717, 1.165) is 25.9 Å². The van der Waals surface area contributed by atoms with Gasteiger partial charge in [-0.3, -0.25) is 4.79 Å². The van der Waals surface area contributed by atoms with Crippen LogP contribution in [0, 0.1) is 5.92 Å². The second-order valence-corrected chi connectivity index (χ2v) is 5.41. The first-order valence-corrected chi connectivity index (χ1v) is 7.40. The molecule has 0 aromatic heterocycles. The lowest BCUT2D eigenvalue weighted by Crippen LogP contribution is -2.44. The Morgan fingerprint density at radius 1 is 1.36 bits per heavy atom. The standard InChI is InChI=1S/C16H24N2O3.ClH/c1-11(12-6-5-9-17-10-12)18-16(19)13-7-4-8-14(20-2)15(13)21-3;/h4,7-8,11-12,17H,5-6,9-10H2,1-3H3,(H,18,19);1H. The van der Waals surface area contributed by atoms with Crippen LogP contribution in [-0.4, -0.2) is 39.3 Å². The molecule has 1 aromatic rings. The fourth-order valence-corrected chi connectivity index (χ4v) is 2.77. The zero-order valence-corrected chi connectivity index (χ0v) is 14.2. The van der Waals surface area contributed by atoms with Crippen LogP contribution in [0.4, 0.5) is 0 Å². The number of amides is 1. The van der Waals surface area contributed by atoms with Gasteiger partial charge in [0.25, 0.3) is 5.91 Å². The molecule has 124 valence electrons. The molecule has 1 aromatic carbocycles. The summed E-state index contributed by atoms with van der Waals surface area (Å²) in [5.41, 5.74) is 0.507. The van der Waals surface area contributed by atoms with Crippen LogP contribution in [0.15, 0.2) is 18.2 Å². The first kappa shape index (κ1) is 18.6. The van der Waals surface area contributed by atoms with Crippen LogP contribution >= 0.6 is 12.4 Å². The van der Waals surface area contributed by atoms with E-state index in [1.807, 2.05) is 0 Å². The van der Waals surface area contributed by atoms with Crippen LogP contribution in [0.5, 0.6) is 11.5 Å². The third-order valence-electron chi connectivity index (χ3n) is 4.05. The van der Waals surface area contributed by atoms with Crippen LogP contribution in [0.25, 0.3) is 0 Å². The second kappa shape index (κ2) is 8.86. The topological polar surface area (TPSA) is 59.6 Å². The van der Waals surface area contributed by atoms with Gasteiger partial charge in [-0.2, -0.15) is 0 Å². The minimum atomic E-state index is -0.121. The number of nitrogens with one attached hydrogen (secondary N) is 2. The van der Waals surface area contributed by atoms with Crippen molar-refractivity contribution in [3.05, 3.63) is 23.8 Å². The van der Waals surface area contributed by atoms with Crippen molar-refractivity contribution in [2.75, 3.05) is 27.3 Å². The van der Waals surface area contributed by atoms with E-state index in [-0.39, 0.29) is 24.4 Å². The lowest BCUT2D eigenvalue weighted by atomic mass is 9.92. The Hall–Kier alpha value is -1.46. The van der Waals surface area contributed by atoms with Gasteiger partial charge in [0, 0.05) is 6.04 Å². The maximum Gasteiger partial charge on any atom is 0.255 e. The number of halogens is 1. The van der Waals surface area contributed by atoms with Crippen LogP contribution in [0.1, 0.15) is 30.1 Å². The van der Waals surface area contributed by atoms with Gasteiger partial charge in [-0.15, -0.1) is 12.4 Å². The number of carbonyl (C=O) groups excluding carboxylic acids is 1. The highest BCUT2D eigenvalue weighted by atomic mass is 35.5. The zero-order valence-electron chi connectivity index (χ0n) is 13.3. The number of hydrogen-bond donors (Lipinski definition) is 2. The summed E-state index contributed by atoms with van der Waals surface area (Å²) < 4.78 is 10.6. The largest absolute Gasteiger partial charge is 0.493 e. The summed E-state index contributed by atoms with van der Waals surface area (Å²) in [6, 6.07) is 5.46. The van der Waals surface area contributed by atoms with E-state index >= 15 is 0 Å². The molecule has 2 atom stereocenters. The number of ether oxygens (including phenoxy) is 2. The van der Waals surface area contributed by atoms with Crippen molar-refractivity contribution >= 4 is 18.3 Å². The van der Waals surface area contributed by atoms with Gasteiger partial charge in [0.1, 0.15) is 0 Å². The molecule has 1 fully saturated rings. The van der Waals surface area contributed by atoms with Crippen molar-refractivity contribution in [3.8, 4) is 11.5 Å². The molecule has 5 nitrogen and oxygen atoms in total. The highest BCUT2D eigenvalue weighted by molar-refractivity contribution is 5.98. The first-order chi connectivity index (χ1) is 10.2. The van der Waals surface area contributed by atoms with Crippen molar-refractivity contribution in [2.24, 2.45) is 5.92 Å². The normalized spacial score (nSPS) is 18.8. The highest BCUT2D eigenvalue weighted by Crippen LogP contribution is 2.30. The maximum atomic E-state index is 12.5. The van der Waals surface area contributed by atoms with Crippen molar-refractivity contribution in [2.45, 2.75) is 25.8 Å². The fraction of sp³-hybridized carbons (Fsp3) is 0.562. The minimum Gasteiger partial charge on any atom is -0.493 e. The number of benzene rings is 1. The quantitative estimate of drug-likeness (QED) is 0.870. The molecule has 6 heteroatoms. The Bertz CT molecular complexity index is 490. The third kappa shape index (κ3) is 4.27. The van der Waals surface area contributed by atoms with Crippen LogP contribution < -0.4 is 20.1 Å². The smallest absolute Gasteiger partial charge is 0.255 e. The van der Waals surface area contributed by atoms with Crippen LogP contribution in [0.2, 0.25) is 0 Å². The Morgan fingerprint density at radius 3 is 2.73 bits per heavy atom. The Kier molecular flexibility index (Phi) is 7.48. The molecule has 1 aliphatic heterocycles. The monoisotopic (exact) mass is 328 g/mol. The molecule has 2 N–H and O–H groups in total. The molecule has 0 spiro atoms. The summed E-state index contributed by atoms with van der Waals surface area (Å²) in [5.74, 6) is 1.40. The second-order valence-electron chi connectivity index (χ2n) is 5.41. The van der Waals surface area contributed by atoms with E-state index < -0.39 is 0 Å². The molecule has 22 heavy (non-hydrogen) atoms. The summed E-state index contributed by atoms with van der Waals surface area (Å²) in [7, 11) is 3.11. The summed E-state index contributed by atoms with van der Waals surface area (Å²) in [4.78, 5) is 12.5. The van der Waals surface area contributed by atoms with E-state index in [4.69, 9.17) is 9.47 Å². The Morgan fingerprint density at radius 2 is 2.14 bits per heavy atom. The molecule has 0 radical (unpaired) electrons. The predicted octanol–water partition coefficient (Wildman–Crippen LogP) is 2.24. The number of rotatable bonds is 5. The third-order valence-corrected chi connectivity index (χ3v) is 4.05. The molecule has 1 amide bonds. The molecular weight excluding hydrogens is 304 g/mol. The van der Waals surface area contributed by atoms with E-state index in [2.05, 4.69) is 17.6 Å². The fourth-order valence-electron chi connectivity index (χ4n) is 2.77. The van der Waals surface area contributed by atoms with Crippen molar-refractivity contribution in [1.82, 2.24) is 10.6 Å². The minimum absolute atomic E-state index is 0.